The van der Waals surface area contributed by atoms with Gasteiger partial charge in [-0.05, 0) is 31.0 Å². The molecule has 0 radical (unpaired) electrons. The summed E-state index contributed by atoms with van der Waals surface area (Å²) in [4.78, 5) is 32.9. The van der Waals surface area contributed by atoms with Crippen LogP contribution in [0.25, 0.3) is 0 Å². The first-order valence-electron chi connectivity index (χ1n) is 9.13. The van der Waals surface area contributed by atoms with Gasteiger partial charge in [0.25, 0.3) is 0 Å². The summed E-state index contributed by atoms with van der Waals surface area (Å²) in [5.41, 5.74) is 2.74. The lowest BCUT2D eigenvalue weighted by atomic mass is 10.2. The fourth-order valence-corrected chi connectivity index (χ4v) is 2.78. The van der Waals surface area contributed by atoms with Crippen LogP contribution in [0, 0.1) is 6.92 Å². The van der Waals surface area contributed by atoms with Gasteiger partial charge in [0.15, 0.2) is 0 Å². The zero-order valence-corrected chi connectivity index (χ0v) is 16.5. The van der Waals surface area contributed by atoms with E-state index in [1.807, 2.05) is 62.4 Å². The third kappa shape index (κ3) is 6.09. The molecule has 0 aliphatic heterocycles. The second kappa shape index (κ2) is 9.71. The zero-order valence-electron chi connectivity index (χ0n) is 16.5. The highest BCUT2D eigenvalue weighted by atomic mass is 16.2. The largest absolute Gasteiger partial charge is 0.347 e. The molecule has 1 atom stereocenters. The molecule has 0 aliphatic rings. The highest BCUT2D eigenvalue weighted by molar-refractivity contribution is 5.86. The van der Waals surface area contributed by atoms with Crippen molar-refractivity contribution in [1.29, 1.82) is 0 Å². The number of nitrogens with one attached hydrogen (secondary N) is 1. The monoisotopic (exact) mass is 368 g/mol. The molecule has 2 rings (SSSR count). The minimum Gasteiger partial charge on any atom is -0.347 e. The molecular weight excluding hydrogens is 340 g/mol. The lowest BCUT2D eigenvalue weighted by molar-refractivity contribution is -0.130. The fourth-order valence-electron chi connectivity index (χ4n) is 2.78. The standard InChI is InChI=1S/C21H28N4O2/c1-5-19(20(26)24(3)4)23-21(27)25(14-17-11-7-6-8-12-17)15-18-13-9-10-16(2)22-18/h6-13,19H,5,14-15H2,1-4H3,(H,23,27)/t19-/m0/s1. The van der Waals surface area contributed by atoms with Gasteiger partial charge in [0.1, 0.15) is 6.04 Å². The number of carbonyl (C=O) groups excluding carboxylic acids is 2. The predicted molar refractivity (Wildman–Crippen MR) is 106 cm³/mol. The van der Waals surface area contributed by atoms with Crippen LogP contribution in [0.4, 0.5) is 4.79 Å². The molecule has 1 N–H and O–H groups in total. The van der Waals surface area contributed by atoms with Crippen molar-refractivity contribution in [2.24, 2.45) is 0 Å². The molecule has 0 saturated carbocycles. The minimum absolute atomic E-state index is 0.112. The molecule has 3 amide bonds. The number of amides is 3. The number of hydrogen-bond acceptors (Lipinski definition) is 3. The Morgan fingerprint density at radius 2 is 1.74 bits per heavy atom. The summed E-state index contributed by atoms with van der Waals surface area (Å²) in [5.74, 6) is -0.112. The van der Waals surface area contributed by atoms with Crippen LogP contribution in [0.1, 0.15) is 30.3 Å². The van der Waals surface area contributed by atoms with Gasteiger partial charge in [-0.3, -0.25) is 9.78 Å². The number of hydrogen-bond donors (Lipinski definition) is 1. The number of urea groups is 1. The van der Waals surface area contributed by atoms with E-state index in [2.05, 4.69) is 10.3 Å². The number of aromatic nitrogens is 1. The van der Waals surface area contributed by atoms with E-state index in [4.69, 9.17) is 0 Å². The first-order valence-corrected chi connectivity index (χ1v) is 9.13. The highest BCUT2D eigenvalue weighted by Gasteiger charge is 2.24. The third-order valence-corrected chi connectivity index (χ3v) is 4.25. The predicted octanol–water partition coefficient (Wildman–Crippen LogP) is 2.97. The smallest absolute Gasteiger partial charge is 0.318 e. The normalized spacial score (nSPS) is 11.6. The van der Waals surface area contributed by atoms with E-state index in [-0.39, 0.29) is 11.9 Å². The Kier molecular flexibility index (Phi) is 7.34. The average Bonchev–Trinajstić information content (AvgIpc) is 2.65. The molecule has 0 aliphatic carbocycles. The molecule has 0 bridgehead atoms. The van der Waals surface area contributed by atoms with Crippen LogP contribution < -0.4 is 5.32 Å². The molecule has 2 aromatic rings. The van der Waals surface area contributed by atoms with Crippen molar-refractivity contribution >= 4 is 11.9 Å². The second-order valence-electron chi connectivity index (χ2n) is 6.75. The van der Waals surface area contributed by atoms with Gasteiger partial charge in [-0.15, -0.1) is 0 Å². The molecule has 0 unspecified atom stereocenters. The van der Waals surface area contributed by atoms with Gasteiger partial charge in [-0.25, -0.2) is 4.79 Å². The highest BCUT2D eigenvalue weighted by Crippen LogP contribution is 2.11. The number of carbonyl (C=O) groups is 2. The van der Waals surface area contributed by atoms with Crippen LogP contribution in [0.2, 0.25) is 0 Å². The minimum atomic E-state index is -0.545. The Bertz CT molecular complexity index is 762. The summed E-state index contributed by atoms with van der Waals surface area (Å²) in [5, 5.41) is 2.87. The van der Waals surface area contributed by atoms with Crippen molar-refractivity contribution < 1.29 is 9.59 Å². The van der Waals surface area contributed by atoms with Crippen molar-refractivity contribution in [1.82, 2.24) is 20.1 Å². The quantitative estimate of drug-likeness (QED) is 0.817. The van der Waals surface area contributed by atoms with Gasteiger partial charge in [-0.1, -0.05) is 43.3 Å². The number of pyridine rings is 1. The summed E-state index contributed by atoms with van der Waals surface area (Å²) >= 11 is 0. The molecule has 27 heavy (non-hydrogen) atoms. The van der Waals surface area contributed by atoms with Crippen LogP contribution in [-0.4, -0.2) is 46.9 Å². The van der Waals surface area contributed by atoms with Crippen molar-refractivity contribution in [3.63, 3.8) is 0 Å². The van der Waals surface area contributed by atoms with Crippen molar-refractivity contribution in [2.75, 3.05) is 14.1 Å². The van der Waals surface area contributed by atoms with E-state index in [1.54, 1.807) is 19.0 Å². The van der Waals surface area contributed by atoms with Gasteiger partial charge in [0.05, 0.1) is 12.2 Å². The zero-order chi connectivity index (χ0) is 19.8. The Morgan fingerprint density at radius 1 is 1.04 bits per heavy atom. The Hall–Kier alpha value is -2.89. The SMILES string of the molecule is CC[C@H](NC(=O)N(Cc1ccccc1)Cc1cccc(C)n1)C(=O)N(C)C. The topological polar surface area (TPSA) is 65.5 Å². The maximum absolute atomic E-state index is 12.9. The van der Waals surface area contributed by atoms with E-state index >= 15 is 0 Å². The number of likely N-dealkylation sites (N-methyl/N-ethyl adjacent to an activating group) is 1. The molecule has 144 valence electrons. The first kappa shape index (κ1) is 20.4. The average molecular weight is 368 g/mol. The molecule has 0 spiro atoms. The van der Waals surface area contributed by atoms with Crippen LogP contribution in [0.3, 0.4) is 0 Å². The maximum Gasteiger partial charge on any atom is 0.318 e. The lowest BCUT2D eigenvalue weighted by Crippen LogP contribution is -2.50. The summed E-state index contributed by atoms with van der Waals surface area (Å²) in [6.45, 7) is 4.62. The summed E-state index contributed by atoms with van der Waals surface area (Å²) in [6.07, 6.45) is 0.532. The third-order valence-electron chi connectivity index (χ3n) is 4.25. The first-order chi connectivity index (χ1) is 12.9. The van der Waals surface area contributed by atoms with E-state index in [0.29, 0.717) is 19.5 Å². The van der Waals surface area contributed by atoms with E-state index < -0.39 is 6.04 Å². The summed E-state index contributed by atoms with van der Waals surface area (Å²) < 4.78 is 0. The Labute approximate surface area is 161 Å². The molecular formula is C21H28N4O2. The van der Waals surface area contributed by atoms with Gasteiger partial charge < -0.3 is 15.1 Å². The van der Waals surface area contributed by atoms with Crippen LogP contribution in [0.15, 0.2) is 48.5 Å². The van der Waals surface area contributed by atoms with Gasteiger partial charge in [-0.2, -0.15) is 0 Å². The van der Waals surface area contributed by atoms with Gasteiger partial charge in [0.2, 0.25) is 5.91 Å². The molecule has 1 aromatic carbocycles. The van der Waals surface area contributed by atoms with Crippen molar-refractivity contribution in [2.45, 2.75) is 39.4 Å². The second-order valence-corrected chi connectivity index (χ2v) is 6.75. The number of benzene rings is 1. The maximum atomic E-state index is 12.9. The van der Waals surface area contributed by atoms with Gasteiger partial charge in [0, 0.05) is 26.3 Å². The van der Waals surface area contributed by atoms with Crippen LogP contribution >= 0.6 is 0 Å². The molecule has 1 aromatic heterocycles. The van der Waals surface area contributed by atoms with Crippen molar-refractivity contribution in [3.05, 3.63) is 65.5 Å². The number of aryl methyl sites for hydroxylation is 1. The van der Waals surface area contributed by atoms with Crippen LogP contribution in [0.5, 0.6) is 0 Å². The molecule has 0 fully saturated rings. The number of nitrogens with zero attached hydrogens (tertiary/aromatic N) is 3. The Morgan fingerprint density at radius 3 is 2.33 bits per heavy atom. The van der Waals surface area contributed by atoms with E-state index in [9.17, 15) is 9.59 Å². The lowest BCUT2D eigenvalue weighted by Gasteiger charge is -2.27. The van der Waals surface area contributed by atoms with Crippen molar-refractivity contribution in [3.8, 4) is 0 Å². The number of rotatable bonds is 7. The summed E-state index contributed by atoms with van der Waals surface area (Å²) in [6, 6.07) is 14.7. The molecule has 1 heterocycles. The summed E-state index contributed by atoms with van der Waals surface area (Å²) in [7, 11) is 3.38. The fraction of sp³-hybridized carbons (Fsp3) is 0.381. The van der Waals surface area contributed by atoms with Gasteiger partial charge >= 0.3 is 6.03 Å². The van der Waals surface area contributed by atoms with E-state index in [0.717, 1.165) is 17.0 Å². The molecule has 6 nitrogen and oxygen atoms in total. The van der Waals surface area contributed by atoms with Crippen LogP contribution in [-0.2, 0) is 17.9 Å². The molecule has 0 saturated heterocycles. The Balaban J connectivity index is 2.19. The van der Waals surface area contributed by atoms with E-state index in [1.165, 1.54) is 4.90 Å². The molecule has 6 heteroatoms.